The molecule has 126 valence electrons. The Hall–Kier alpha value is -3.06. The zero-order valence-electron chi connectivity index (χ0n) is 13.5. The molecule has 0 unspecified atom stereocenters. The van der Waals surface area contributed by atoms with Gasteiger partial charge in [0.2, 0.25) is 0 Å². The van der Waals surface area contributed by atoms with Gasteiger partial charge in [-0.05, 0) is 29.8 Å². The zero-order chi connectivity index (χ0) is 17.1. The molecule has 1 saturated heterocycles. The lowest BCUT2D eigenvalue weighted by Crippen LogP contribution is -2.42. The van der Waals surface area contributed by atoms with E-state index in [4.69, 9.17) is 4.74 Å². The fourth-order valence-electron chi connectivity index (χ4n) is 2.86. The highest BCUT2D eigenvalue weighted by atomic mass is 16.5. The molecule has 1 amide bonds. The molecule has 1 aliphatic rings. The maximum atomic E-state index is 12.8. The van der Waals surface area contributed by atoms with E-state index in [1.807, 2.05) is 29.3 Å². The van der Waals surface area contributed by atoms with Crippen molar-refractivity contribution in [1.29, 1.82) is 0 Å². The van der Waals surface area contributed by atoms with E-state index in [0.29, 0.717) is 25.3 Å². The van der Waals surface area contributed by atoms with Crippen LogP contribution in [-0.4, -0.2) is 50.0 Å². The number of carbonyl (C=O) groups is 1. The molecule has 0 bridgehead atoms. The van der Waals surface area contributed by atoms with Crippen LogP contribution in [-0.2, 0) is 4.74 Å². The van der Waals surface area contributed by atoms with Gasteiger partial charge >= 0.3 is 0 Å². The van der Waals surface area contributed by atoms with Gasteiger partial charge in [-0.15, -0.1) is 0 Å². The topological polar surface area (TPSA) is 73.1 Å². The maximum absolute atomic E-state index is 12.8. The Morgan fingerprint density at radius 3 is 2.72 bits per heavy atom. The smallest absolute Gasteiger partial charge is 0.255 e. The van der Waals surface area contributed by atoms with Crippen molar-refractivity contribution in [3.63, 3.8) is 0 Å². The summed E-state index contributed by atoms with van der Waals surface area (Å²) in [7, 11) is 0. The molecule has 1 fully saturated rings. The summed E-state index contributed by atoms with van der Waals surface area (Å²) in [6, 6.07) is 7.44. The highest BCUT2D eigenvalue weighted by Gasteiger charge is 2.26. The second kappa shape index (κ2) is 6.82. The molecule has 7 nitrogen and oxygen atoms in total. The van der Waals surface area contributed by atoms with E-state index in [1.54, 1.807) is 41.7 Å². The van der Waals surface area contributed by atoms with Crippen LogP contribution in [0.25, 0.3) is 5.82 Å². The number of hydrogen-bond donors (Lipinski definition) is 0. The van der Waals surface area contributed by atoms with Crippen LogP contribution < -0.4 is 0 Å². The Labute approximate surface area is 144 Å². The van der Waals surface area contributed by atoms with Crippen LogP contribution in [0.2, 0.25) is 0 Å². The Morgan fingerprint density at radius 1 is 1.12 bits per heavy atom. The van der Waals surface area contributed by atoms with Crippen LogP contribution >= 0.6 is 0 Å². The number of aromatic nitrogens is 4. The van der Waals surface area contributed by atoms with Gasteiger partial charge in [0.05, 0.1) is 18.7 Å². The lowest BCUT2D eigenvalue weighted by molar-refractivity contribution is -0.0228. The average Bonchev–Trinajstić information content (AvgIpc) is 3.23. The lowest BCUT2D eigenvalue weighted by atomic mass is 10.1. The summed E-state index contributed by atoms with van der Waals surface area (Å²) in [4.78, 5) is 26.9. The first kappa shape index (κ1) is 15.5. The SMILES string of the molecule is O=C(c1ccc(-n2ccnc2)nc1)N1CCO[C@H](c2ccncc2)C1. The molecular formula is C18H17N5O2. The van der Waals surface area contributed by atoms with Gasteiger partial charge in [-0.25, -0.2) is 9.97 Å². The third kappa shape index (κ3) is 3.27. The van der Waals surface area contributed by atoms with Crippen LogP contribution in [0.5, 0.6) is 0 Å². The molecule has 0 radical (unpaired) electrons. The Morgan fingerprint density at radius 2 is 2.00 bits per heavy atom. The summed E-state index contributed by atoms with van der Waals surface area (Å²) in [5, 5.41) is 0. The second-order valence-electron chi connectivity index (χ2n) is 5.77. The van der Waals surface area contributed by atoms with Gasteiger partial charge in [0.15, 0.2) is 0 Å². The Balaban J connectivity index is 1.48. The van der Waals surface area contributed by atoms with Crippen molar-refractivity contribution in [1.82, 2.24) is 24.4 Å². The van der Waals surface area contributed by atoms with Gasteiger partial charge in [-0.3, -0.25) is 14.3 Å². The molecule has 1 atom stereocenters. The van der Waals surface area contributed by atoms with Gasteiger partial charge in [0.25, 0.3) is 5.91 Å². The predicted molar refractivity (Wildman–Crippen MR) is 90.2 cm³/mol. The molecule has 0 saturated carbocycles. The number of amides is 1. The first-order valence-electron chi connectivity index (χ1n) is 8.06. The monoisotopic (exact) mass is 335 g/mol. The third-order valence-electron chi connectivity index (χ3n) is 4.20. The van der Waals surface area contributed by atoms with Crippen molar-refractivity contribution in [2.45, 2.75) is 6.10 Å². The minimum atomic E-state index is -0.126. The summed E-state index contributed by atoms with van der Waals surface area (Å²) >= 11 is 0. The summed E-state index contributed by atoms with van der Waals surface area (Å²) in [6.45, 7) is 1.61. The minimum Gasteiger partial charge on any atom is -0.370 e. The van der Waals surface area contributed by atoms with Crippen LogP contribution in [0.4, 0.5) is 0 Å². The van der Waals surface area contributed by atoms with Crippen LogP contribution in [0.1, 0.15) is 22.0 Å². The summed E-state index contributed by atoms with van der Waals surface area (Å²) < 4.78 is 7.59. The largest absolute Gasteiger partial charge is 0.370 e. The van der Waals surface area contributed by atoms with E-state index in [9.17, 15) is 4.79 Å². The molecule has 7 heteroatoms. The number of imidazole rings is 1. The number of nitrogens with zero attached hydrogens (tertiary/aromatic N) is 5. The standard InChI is InChI=1S/C18H17N5O2/c24-18(15-1-2-17(21-11-15)23-8-7-20-13-23)22-9-10-25-16(12-22)14-3-5-19-6-4-14/h1-8,11,13,16H,9-10,12H2/t16-/m0/s1. The maximum Gasteiger partial charge on any atom is 0.255 e. The molecular weight excluding hydrogens is 318 g/mol. The summed E-state index contributed by atoms with van der Waals surface area (Å²) in [6.07, 6.45) is 10.1. The van der Waals surface area contributed by atoms with Crippen molar-refractivity contribution < 1.29 is 9.53 Å². The third-order valence-corrected chi connectivity index (χ3v) is 4.20. The highest BCUT2D eigenvalue weighted by Crippen LogP contribution is 2.22. The molecule has 0 N–H and O–H groups in total. The summed E-state index contributed by atoms with van der Waals surface area (Å²) in [5.74, 6) is 0.692. The van der Waals surface area contributed by atoms with Gasteiger partial charge in [0.1, 0.15) is 18.2 Å². The quantitative estimate of drug-likeness (QED) is 0.731. The number of morpholine rings is 1. The van der Waals surface area contributed by atoms with Crippen LogP contribution in [0.15, 0.2) is 61.6 Å². The fraction of sp³-hybridized carbons (Fsp3) is 0.222. The highest BCUT2D eigenvalue weighted by molar-refractivity contribution is 5.94. The van der Waals surface area contributed by atoms with Crippen molar-refractivity contribution in [2.75, 3.05) is 19.7 Å². The van der Waals surface area contributed by atoms with Gasteiger partial charge in [0, 0.05) is 37.5 Å². The van der Waals surface area contributed by atoms with E-state index in [1.165, 1.54) is 0 Å². The van der Waals surface area contributed by atoms with E-state index in [2.05, 4.69) is 15.0 Å². The molecule has 0 spiro atoms. The number of rotatable bonds is 3. The van der Waals surface area contributed by atoms with Crippen LogP contribution in [0, 0.1) is 0 Å². The van der Waals surface area contributed by atoms with Gasteiger partial charge in [-0.2, -0.15) is 0 Å². The van der Waals surface area contributed by atoms with E-state index in [0.717, 1.165) is 11.4 Å². The molecule has 3 aromatic rings. The van der Waals surface area contributed by atoms with Crippen molar-refractivity contribution in [3.05, 3.63) is 72.7 Å². The number of pyridine rings is 2. The first-order valence-corrected chi connectivity index (χ1v) is 8.06. The number of carbonyl (C=O) groups excluding carboxylic acids is 1. The lowest BCUT2D eigenvalue weighted by Gasteiger charge is -2.33. The van der Waals surface area contributed by atoms with E-state index in [-0.39, 0.29) is 12.0 Å². The van der Waals surface area contributed by atoms with Gasteiger partial charge < -0.3 is 9.64 Å². The molecule has 3 aromatic heterocycles. The molecule has 4 rings (SSSR count). The second-order valence-corrected chi connectivity index (χ2v) is 5.77. The van der Waals surface area contributed by atoms with E-state index >= 15 is 0 Å². The van der Waals surface area contributed by atoms with Crippen LogP contribution in [0.3, 0.4) is 0 Å². The molecule has 4 heterocycles. The van der Waals surface area contributed by atoms with Crippen molar-refractivity contribution in [2.24, 2.45) is 0 Å². The molecule has 1 aliphatic heterocycles. The Kier molecular flexibility index (Phi) is 4.22. The zero-order valence-corrected chi connectivity index (χ0v) is 13.5. The molecule has 25 heavy (non-hydrogen) atoms. The van der Waals surface area contributed by atoms with Crippen molar-refractivity contribution >= 4 is 5.91 Å². The molecule has 0 aromatic carbocycles. The molecule has 0 aliphatic carbocycles. The van der Waals surface area contributed by atoms with Crippen molar-refractivity contribution in [3.8, 4) is 5.82 Å². The number of ether oxygens (including phenoxy) is 1. The average molecular weight is 335 g/mol. The van der Waals surface area contributed by atoms with E-state index < -0.39 is 0 Å². The van der Waals surface area contributed by atoms with Gasteiger partial charge in [-0.1, -0.05) is 0 Å². The first-order chi connectivity index (χ1) is 12.3. The minimum absolute atomic E-state index is 0.0352. The number of hydrogen-bond acceptors (Lipinski definition) is 5. The predicted octanol–water partition coefficient (Wildman–Crippen LogP) is 1.88. The normalized spacial score (nSPS) is 17.4. The Bertz CT molecular complexity index is 834. The fourth-order valence-corrected chi connectivity index (χ4v) is 2.86. The summed E-state index contributed by atoms with van der Waals surface area (Å²) in [5.41, 5.74) is 1.60.